The Hall–Kier alpha value is -1.44. The highest BCUT2D eigenvalue weighted by Gasteiger charge is 2.28. The molecule has 2 N–H and O–H groups in total. The zero-order valence-corrected chi connectivity index (χ0v) is 12.5. The third-order valence-electron chi connectivity index (χ3n) is 3.10. The number of sulfonamides is 1. The van der Waals surface area contributed by atoms with Gasteiger partial charge >= 0.3 is 5.97 Å². The van der Waals surface area contributed by atoms with Gasteiger partial charge in [0.05, 0.1) is 29.7 Å². The number of carbonyl (C=O) groups excluding carboxylic acids is 1. The number of ether oxygens (including phenoxy) is 1. The number of aliphatic hydroxyl groups excluding tert-OH is 1. The molecule has 0 spiro atoms. The van der Waals surface area contributed by atoms with E-state index in [1.165, 1.54) is 31.4 Å². The third-order valence-corrected chi connectivity index (χ3v) is 4.75. The summed E-state index contributed by atoms with van der Waals surface area (Å²) in [7, 11) is -2.50. The van der Waals surface area contributed by atoms with E-state index in [2.05, 4.69) is 9.46 Å². The quantitative estimate of drug-likeness (QED) is 0.762. The van der Waals surface area contributed by atoms with Crippen molar-refractivity contribution in [3.8, 4) is 0 Å². The number of rotatable bonds is 6. The van der Waals surface area contributed by atoms with E-state index in [1.807, 2.05) is 0 Å². The number of nitrogens with one attached hydrogen (secondary N) is 1. The Morgan fingerprint density at radius 1 is 1.35 bits per heavy atom. The van der Waals surface area contributed by atoms with Crippen LogP contribution in [0.5, 0.6) is 0 Å². The van der Waals surface area contributed by atoms with Gasteiger partial charge < -0.3 is 9.84 Å². The first-order valence-electron chi connectivity index (χ1n) is 6.11. The average Bonchev–Trinajstić information content (AvgIpc) is 2.46. The Morgan fingerprint density at radius 2 is 1.90 bits per heavy atom. The zero-order valence-electron chi connectivity index (χ0n) is 11.7. The summed E-state index contributed by atoms with van der Waals surface area (Å²) in [6, 6.07) is 5.40. The largest absolute Gasteiger partial charge is 0.465 e. The predicted molar refractivity (Wildman–Crippen MR) is 73.9 cm³/mol. The van der Waals surface area contributed by atoms with Crippen LogP contribution in [0.2, 0.25) is 0 Å². The molecule has 0 fully saturated rings. The van der Waals surface area contributed by atoms with Gasteiger partial charge in [-0.2, -0.15) is 0 Å². The molecule has 1 aromatic carbocycles. The number of hydrogen-bond acceptors (Lipinski definition) is 5. The standard InChI is InChI=1S/C13H19NO5S/c1-4-13(2,9-15)14-20(17,18)11-7-5-10(6-8-11)12(16)19-3/h5-8,14-15H,4,9H2,1-3H3. The van der Waals surface area contributed by atoms with Gasteiger partial charge in [-0.3, -0.25) is 0 Å². The molecular weight excluding hydrogens is 282 g/mol. The normalized spacial score (nSPS) is 14.6. The number of aliphatic hydroxyl groups is 1. The second kappa shape index (κ2) is 6.34. The maximum absolute atomic E-state index is 12.2. The fraction of sp³-hybridized carbons (Fsp3) is 0.462. The Balaban J connectivity index is 3.02. The maximum atomic E-state index is 12.2. The minimum atomic E-state index is -3.75. The van der Waals surface area contributed by atoms with Crippen molar-refractivity contribution in [1.29, 1.82) is 0 Å². The lowest BCUT2D eigenvalue weighted by Crippen LogP contribution is -2.48. The SMILES string of the molecule is CCC(C)(CO)NS(=O)(=O)c1ccc(C(=O)OC)cc1. The summed E-state index contributed by atoms with van der Waals surface area (Å²) >= 11 is 0. The molecule has 0 saturated heterocycles. The Kier molecular flexibility index (Phi) is 5.27. The summed E-state index contributed by atoms with van der Waals surface area (Å²) < 4.78 is 31.3. The third kappa shape index (κ3) is 3.78. The predicted octanol–water partition coefficient (Wildman–Crippen LogP) is 0.912. The highest BCUT2D eigenvalue weighted by Crippen LogP contribution is 2.16. The first-order chi connectivity index (χ1) is 9.28. The maximum Gasteiger partial charge on any atom is 0.337 e. The summed E-state index contributed by atoms with van der Waals surface area (Å²) in [6.07, 6.45) is 0.447. The van der Waals surface area contributed by atoms with Crippen LogP contribution in [0, 0.1) is 0 Å². The van der Waals surface area contributed by atoms with Crippen molar-refractivity contribution >= 4 is 16.0 Å². The van der Waals surface area contributed by atoms with Crippen molar-refractivity contribution in [2.24, 2.45) is 0 Å². The van der Waals surface area contributed by atoms with Crippen molar-refractivity contribution in [2.75, 3.05) is 13.7 Å². The molecule has 0 aliphatic rings. The van der Waals surface area contributed by atoms with E-state index in [1.54, 1.807) is 13.8 Å². The first-order valence-corrected chi connectivity index (χ1v) is 7.59. The first kappa shape index (κ1) is 16.6. The summed E-state index contributed by atoms with van der Waals surface area (Å²) in [4.78, 5) is 11.3. The molecule has 1 rings (SSSR count). The lowest BCUT2D eigenvalue weighted by Gasteiger charge is -2.26. The highest BCUT2D eigenvalue weighted by atomic mass is 32.2. The minimum Gasteiger partial charge on any atom is -0.465 e. The van der Waals surface area contributed by atoms with Crippen LogP contribution < -0.4 is 4.72 Å². The molecule has 0 aliphatic carbocycles. The smallest absolute Gasteiger partial charge is 0.337 e. The van der Waals surface area contributed by atoms with E-state index in [-0.39, 0.29) is 17.1 Å². The molecule has 1 unspecified atom stereocenters. The van der Waals surface area contributed by atoms with Gasteiger partial charge in [0.1, 0.15) is 0 Å². The van der Waals surface area contributed by atoms with Crippen LogP contribution in [0.15, 0.2) is 29.2 Å². The monoisotopic (exact) mass is 301 g/mol. The molecule has 0 saturated carbocycles. The number of benzene rings is 1. The Bertz CT molecular complexity index is 561. The van der Waals surface area contributed by atoms with Crippen LogP contribution in [0.4, 0.5) is 0 Å². The van der Waals surface area contributed by atoms with E-state index in [0.717, 1.165) is 0 Å². The van der Waals surface area contributed by atoms with Crippen molar-refractivity contribution in [2.45, 2.75) is 30.7 Å². The molecule has 20 heavy (non-hydrogen) atoms. The summed E-state index contributed by atoms with van der Waals surface area (Å²) in [5.41, 5.74) is -0.647. The molecule has 0 bridgehead atoms. The topological polar surface area (TPSA) is 92.7 Å². The van der Waals surface area contributed by atoms with Crippen LogP contribution in [-0.2, 0) is 14.8 Å². The van der Waals surface area contributed by atoms with Crippen LogP contribution in [0.3, 0.4) is 0 Å². The number of hydrogen-bond donors (Lipinski definition) is 2. The van der Waals surface area contributed by atoms with Gasteiger partial charge in [0.2, 0.25) is 10.0 Å². The molecule has 0 radical (unpaired) electrons. The number of methoxy groups -OCH3 is 1. The van der Waals surface area contributed by atoms with Gasteiger partial charge in [0.15, 0.2) is 0 Å². The van der Waals surface area contributed by atoms with Crippen molar-refractivity contribution in [1.82, 2.24) is 4.72 Å². The molecule has 0 aromatic heterocycles. The fourth-order valence-electron chi connectivity index (χ4n) is 1.49. The molecule has 0 aliphatic heterocycles. The van der Waals surface area contributed by atoms with Crippen LogP contribution in [0.1, 0.15) is 30.6 Å². The van der Waals surface area contributed by atoms with Crippen molar-refractivity contribution < 1.29 is 23.1 Å². The zero-order chi connectivity index (χ0) is 15.4. The van der Waals surface area contributed by atoms with Gasteiger partial charge in [0.25, 0.3) is 0 Å². The molecule has 6 nitrogen and oxygen atoms in total. The molecular formula is C13H19NO5S. The van der Waals surface area contributed by atoms with Crippen LogP contribution in [0.25, 0.3) is 0 Å². The van der Waals surface area contributed by atoms with E-state index < -0.39 is 21.5 Å². The minimum absolute atomic E-state index is 0.0262. The van der Waals surface area contributed by atoms with E-state index in [4.69, 9.17) is 0 Å². The lowest BCUT2D eigenvalue weighted by atomic mass is 10.0. The van der Waals surface area contributed by atoms with Gasteiger partial charge in [-0.25, -0.2) is 17.9 Å². The highest BCUT2D eigenvalue weighted by molar-refractivity contribution is 7.89. The second-order valence-corrected chi connectivity index (χ2v) is 6.38. The van der Waals surface area contributed by atoms with Crippen LogP contribution in [-0.4, -0.2) is 38.7 Å². The van der Waals surface area contributed by atoms with Gasteiger partial charge in [-0.15, -0.1) is 0 Å². The van der Waals surface area contributed by atoms with E-state index in [0.29, 0.717) is 6.42 Å². The fourth-order valence-corrected chi connectivity index (χ4v) is 2.96. The second-order valence-electron chi connectivity index (χ2n) is 4.69. The summed E-state index contributed by atoms with van der Waals surface area (Å²) in [5.74, 6) is -0.532. The van der Waals surface area contributed by atoms with E-state index in [9.17, 15) is 18.3 Å². The Morgan fingerprint density at radius 3 is 2.30 bits per heavy atom. The molecule has 0 amide bonds. The average molecular weight is 301 g/mol. The molecule has 1 aromatic rings. The number of carbonyl (C=O) groups is 1. The molecule has 1 atom stereocenters. The summed E-state index contributed by atoms with van der Waals surface area (Å²) in [6.45, 7) is 3.09. The summed E-state index contributed by atoms with van der Waals surface area (Å²) in [5, 5.41) is 9.26. The van der Waals surface area contributed by atoms with Crippen molar-refractivity contribution in [3.63, 3.8) is 0 Å². The molecule has 0 heterocycles. The van der Waals surface area contributed by atoms with Crippen LogP contribution >= 0.6 is 0 Å². The van der Waals surface area contributed by atoms with Gasteiger partial charge in [0, 0.05) is 0 Å². The molecule has 112 valence electrons. The van der Waals surface area contributed by atoms with Crippen molar-refractivity contribution in [3.05, 3.63) is 29.8 Å². The number of esters is 1. The van der Waals surface area contributed by atoms with E-state index >= 15 is 0 Å². The lowest BCUT2D eigenvalue weighted by molar-refractivity contribution is 0.0600. The Labute approximate surface area is 118 Å². The van der Waals surface area contributed by atoms with Gasteiger partial charge in [-0.05, 0) is 37.6 Å². The molecule has 7 heteroatoms. The van der Waals surface area contributed by atoms with Gasteiger partial charge in [-0.1, -0.05) is 6.92 Å².